The molecular weight excluding hydrogens is 408 g/mol. The van der Waals surface area contributed by atoms with Crippen LogP contribution in [0.5, 0.6) is 0 Å². The quantitative estimate of drug-likeness (QED) is 0.722. The van der Waals surface area contributed by atoms with Gasteiger partial charge in [0, 0.05) is 11.6 Å². The van der Waals surface area contributed by atoms with Crippen molar-refractivity contribution < 1.29 is 34.8 Å². The molecule has 142 valence electrons. The maximum absolute atomic E-state index is 12.8. The Morgan fingerprint density at radius 1 is 0.846 bits per heavy atom. The van der Waals surface area contributed by atoms with Gasteiger partial charge in [-0.3, -0.25) is 0 Å². The summed E-state index contributed by atoms with van der Waals surface area (Å²) in [6, 6.07) is 5.99. The lowest BCUT2D eigenvalue weighted by molar-refractivity contribution is -0.143. The molecule has 0 spiro atoms. The van der Waals surface area contributed by atoms with Gasteiger partial charge in [-0.25, -0.2) is 13.1 Å². The molecule has 2 aromatic carbocycles. The number of rotatable bonds is 4. The molecule has 0 aromatic heterocycles. The lowest BCUT2D eigenvalue weighted by Gasteiger charge is -2.15. The molecule has 0 aliphatic carbocycles. The highest BCUT2D eigenvalue weighted by Crippen LogP contribution is 2.37. The third-order valence-electron chi connectivity index (χ3n) is 3.25. The van der Waals surface area contributed by atoms with Crippen LogP contribution in [0.25, 0.3) is 0 Å². The van der Waals surface area contributed by atoms with E-state index in [9.17, 15) is 34.8 Å². The molecule has 26 heavy (non-hydrogen) atoms. The average Bonchev–Trinajstić information content (AvgIpc) is 2.52. The van der Waals surface area contributed by atoms with Crippen molar-refractivity contribution >= 4 is 21.6 Å². The molecule has 0 bridgehead atoms. The number of sulfonamides is 1. The average molecular weight is 418 g/mol. The molecule has 1 N–H and O–H groups in total. The number of hydrogen-bond donors (Lipinski definition) is 1. The largest absolute Gasteiger partial charge is 0.416 e. The topological polar surface area (TPSA) is 46.2 Å². The highest BCUT2D eigenvalue weighted by Gasteiger charge is 2.38. The summed E-state index contributed by atoms with van der Waals surface area (Å²) < 4.78 is 103. The minimum atomic E-state index is -5.14. The molecule has 3 nitrogen and oxygen atoms in total. The number of benzene rings is 2. The van der Waals surface area contributed by atoms with Crippen LogP contribution in [-0.4, -0.2) is 8.42 Å². The third kappa shape index (κ3) is 5.12. The zero-order valence-corrected chi connectivity index (χ0v) is 14.2. The molecule has 0 heterocycles. The van der Waals surface area contributed by atoms with Gasteiger partial charge >= 0.3 is 12.4 Å². The molecular formula is C15H10ClF6NO2S. The highest BCUT2D eigenvalue weighted by atomic mass is 35.5. The van der Waals surface area contributed by atoms with E-state index in [-0.39, 0.29) is 24.7 Å². The Labute approximate surface area is 149 Å². The van der Waals surface area contributed by atoms with Crippen LogP contribution in [0.4, 0.5) is 26.3 Å². The van der Waals surface area contributed by atoms with Gasteiger partial charge in [-0.1, -0.05) is 23.7 Å². The predicted molar refractivity (Wildman–Crippen MR) is 81.9 cm³/mol. The maximum atomic E-state index is 12.8. The Kier molecular flexibility index (Phi) is 5.60. The van der Waals surface area contributed by atoms with Crippen LogP contribution in [0, 0.1) is 0 Å². The van der Waals surface area contributed by atoms with Crippen molar-refractivity contribution in [1.29, 1.82) is 0 Å². The van der Waals surface area contributed by atoms with Crippen molar-refractivity contribution in [3.63, 3.8) is 0 Å². The SMILES string of the molecule is O=S(=O)(NCc1ccc(Cl)cc1)c1cc(C(F)(F)F)cc(C(F)(F)F)c1. The summed E-state index contributed by atoms with van der Waals surface area (Å²) in [6.07, 6.45) is -10.3. The van der Waals surface area contributed by atoms with Gasteiger partial charge in [0.2, 0.25) is 10.0 Å². The van der Waals surface area contributed by atoms with Crippen LogP contribution in [-0.2, 0) is 28.9 Å². The predicted octanol–water partition coefficient (Wildman–Crippen LogP) is 4.86. The van der Waals surface area contributed by atoms with Gasteiger partial charge in [0.15, 0.2) is 0 Å². The fraction of sp³-hybridized carbons (Fsp3) is 0.200. The summed E-state index contributed by atoms with van der Waals surface area (Å²) in [5.74, 6) is 0. The second-order valence-electron chi connectivity index (χ2n) is 5.19. The van der Waals surface area contributed by atoms with Crippen molar-refractivity contribution in [2.24, 2.45) is 0 Å². The second kappa shape index (κ2) is 7.09. The van der Waals surface area contributed by atoms with Crippen molar-refractivity contribution in [3.8, 4) is 0 Å². The van der Waals surface area contributed by atoms with E-state index in [0.717, 1.165) is 0 Å². The van der Waals surface area contributed by atoms with Crippen molar-refractivity contribution in [2.75, 3.05) is 0 Å². The summed E-state index contributed by atoms with van der Waals surface area (Å²) in [5, 5.41) is 0.379. The van der Waals surface area contributed by atoms with Crippen molar-refractivity contribution in [1.82, 2.24) is 4.72 Å². The summed E-state index contributed by atoms with van der Waals surface area (Å²) in [4.78, 5) is -1.13. The standard InChI is InChI=1S/C15H10ClF6NO2S/c16-12-3-1-9(2-4-12)8-23-26(24,25)13-6-10(14(17,18)19)5-11(7-13)15(20,21)22/h1-7,23H,8H2. The fourth-order valence-corrected chi connectivity index (χ4v) is 3.16. The number of hydrogen-bond acceptors (Lipinski definition) is 2. The van der Waals surface area contributed by atoms with Crippen LogP contribution in [0.2, 0.25) is 5.02 Å². The Morgan fingerprint density at radius 3 is 1.73 bits per heavy atom. The zero-order chi connectivity index (χ0) is 19.8. The van der Waals surface area contributed by atoms with E-state index in [1.807, 2.05) is 4.72 Å². The Hall–Kier alpha value is -1.78. The van der Waals surface area contributed by atoms with E-state index in [1.54, 1.807) is 0 Å². The van der Waals surface area contributed by atoms with E-state index >= 15 is 0 Å². The summed E-state index contributed by atoms with van der Waals surface area (Å²) in [5.41, 5.74) is -3.00. The normalized spacial score (nSPS) is 13.0. The van der Waals surface area contributed by atoms with Crippen LogP contribution in [0.15, 0.2) is 47.4 Å². The molecule has 2 rings (SSSR count). The third-order valence-corrected chi connectivity index (χ3v) is 4.88. The van der Waals surface area contributed by atoms with Crippen molar-refractivity contribution in [2.45, 2.75) is 23.8 Å². The molecule has 0 amide bonds. The van der Waals surface area contributed by atoms with Gasteiger partial charge in [-0.05, 0) is 35.9 Å². The first-order chi connectivity index (χ1) is 11.8. The first-order valence-corrected chi connectivity index (χ1v) is 8.69. The fourth-order valence-electron chi connectivity index (χ4n) is 1.95. The number of halogens is 7. The summed E-state index contributed by atoms with van der Waals surface area (Å²) in [6.45, 7) is -0.336. The molecule has 0 radical (unpaired) electrons. The molecule has 0 fully saturated rings. The van der Waals surface area contributed by atoms with Gasteiger partial charge < -0.3 is 0 Å². The number of nitrogens with one attached hydrogen (secondary N) is 1. The lowest BCUT2D eigenvalue weighted by atomic mass is 10.1. The molecule has 2 aromatic rings. The van der Waals surface area contributed by atoms with Gasteiger partial charge in [0.25, 0.3) is 0 Å². The maximum Gasteiger partial charge on any atom is 0.416 e. The molecule has 0 saturated carbocycles. The van der Waals surface area contributed by atoms with Gasteiger partial charge in [0.05, 0.1) is 16.0 Å². The molecule has 0 atom stereocenters. The monoisotopic (exact) mass is 417 g/mol. The minimum absolute atomic E-state index is 0.141. The first-order valence-electron chi connectivity index (χ1n) is 6.82. The van der Waals surface area contributed by atoms with Gasteiger partial charge in [-0.2, -0.15) is 26.3 Å². The van der Waals surface area contributed by atoms with Gasteiger partial charge in [-0.15, -0.1) is 0 Å². The van der Waals surface area contributed by atoms with Crippen LogP contribution >= 0.6 is 11.6 Å². The molecule has 0 aliphatic heterocycles. The molecule has 11 heteroatoms. The first kappa shape index (κ1) is 20.5. The minimum Gasteiger partial charge on any atom is -0.207 e. The lowest BCUT2D eigenvalue weighted by Crippen LogP contribution is -2.24. The molecule has 0 unspecified atom stereocenters. The molecule has 0 saturated heterocycles. The van der Waals surface area contributed by atoms with Crippen molar-refractivity contribution in [3.05, 3.63) is 64.2 Å². The zero-order valence-electron chi connectivity index (χ0n) is 12.6. The highest BCUT2D eigenvalue weighted by molar-refractivity contribution is 7.89. The summed E-state index contributed by atoms with van der Waals surface area (Å²) >= 11 is 5.67. The Bertz CT molecular complexity index is 860. The molecule has 0 aliphatic rings. The van der Waals surface area contributed by atoms with E-state index < -0.39 is 38.4 Å². The Balaban J connectivity index is 2.39. The van der Waals surface area contributed by atoms with E-state index in [1.165, 1.54) is 24.3 Å². The smallest absolute Gasteiger partial charge is 0.207 e. The second-order valence-corrected chi connectivity index (χ2v) is 7.40. The van der Waals surface area contributed by atoms with Crippen LogP contribution in [0.3, 0.4) is 0 Å². The van der Waals surface area contributed by atoms with E-state index in [2.05, 4.69) is 0 Å². The summed E-state index contributed by atoms with van der Waals surface area (Å²) in [7, 11) is -4.62. The van der Waals surface area contributed by atoms with Crippen LogP contribution in [0.1, 0.15) is 16.7 Å². The number of alkyl halides is 6. The van der Waals surface area contributed by atoms with Gasteiger partial charge in [0.1, 0.15) is 0 Å². The van der Waals surface area contributed by atoms with Crippen LogP contribution < -0.4 is 4.72 Å². The van der Waals surface area contributed by atoms with E-state index in [4.69, 9.17) is 11.6 Å². The van der Waals surface area contributed by atoms with E-state index in [0.29, 0.717) is 10.6 Å². The Morgan fingerprint density at radius 2 is 1.31 bits per heavy atom.